The zero-order chi connectivity index (χ0) is 13.8. The van der Waals surface area contributed by atoms with Crippen molar-refractivity contribution in [3.8, 4) is 11.5 Å². The van der Waals surface area contributed by atoms with Gasteiger partial charge in [0.05, 0.1) is 19.8 Å². The van der Waals surface area contributed by atoms with Gasteiger partial charge < -0.3 is 14.6 Å². The quantitative estimate of drug-likeness (QED) is 0.914. The molecule has 2 rings (SSSR count). The van der Waals surface area contributed by atoms with Crippen molar-refractivity contribution < 1.29 is 14.6 Å². The number of hydrogen-bond donors (Lipinski definition) is 1. The fraction of sp³-hybridized carbons (Fsp3) is 0.600. The zero-order valence-electron chi connectivity index (χ0n) is 11.5. The summed E-state index contributed by atoms with van der Waals surface area (Å²) in [5.41, 5.74) is 0.683. The molecule has 106 valence electrons. The molecule has 0 aliphatic heterocycles. The first kappa shape index (κ1) is 14.5. The molecule has 0 radical (unpaired) electrons. The Kier molecular flexibility index (Phi) is 4.94. The summed E-state index contributed by atoms with van der Waals surface area (Å²) >= 11 is 5.99. The van der Waals surface area contributed by atoms with E-state index in [-0.39, 0.29) is 12.7 Å². The second kappa shape index (κ2) is 6.49. The van der Waals surface area contributed by atoms with Gasteiger partial charge in [-0.3, -0.25) is 0 Å². The smallest absolute Gasteiger partial charge is 0.167 e. The summed E-state index contributed by atoms with van der Waals surface area (Å²) in [5.74, 6) is 2.01. The van der Waals surface area contributed by atoms with Crippen molar-refractivity contribution in [2.24, 2.45) is 5.92 Å². The molecule has 1 N–H and O–H groups in total. The molecule has 4 heteroatoms. The highest BCUT2D eigenvalue weighted by Gasteiger charge is 2.22. The third-order valence-electron chi connectivity index (χ3n) is 3.73. The molecule has 0 saturated heterocycles. The van der Waals surface area contributed by atoms with Crippen molar-refractivity contribution in [3.63, 3.8) is 0 Å². The minimum atomic E-state index is -0.102. The molecular weight excluding hydrogens is 264 g/mol. The Morgan fingerprint density at radius 1 is 1.26 bits per heavy atom. The highest BCUT2D eigenvalue weighted by atomic mass is 35.5. The number of aliphatic hydroxyl groups excluding tert-OH is 1. The predicted molar refractivity (Wildman–Crippen MR) is 76.0 cm³/mol. The molecule has 1 aromatic rings. The number of ether oxygens (including phenoxy) is 2. The van der Waals surface area contributed by atoms with Crippen LogP contribution in [0.15, 0.2) is 12.1 Å². The summed E-state index contributed by atoms with van der Waals surface area (Å²) in [7, 11) is 1.59. The van der Waals surface area contributed by atoms with Crippen molar-refractivity contribution in [2.45, 2.75) is 45.3 Å². The summed E-state index contributed by atoms with van der Waals surface area (Å²) in [6.45, 7) is 2.17. The minimum Gasteiger partial charge on any atom is -0.493 e. The van der Waals surface area contributed by atoms with Gasteiger partial charge in [0.25, 0.3) is 0 Å². The maximum atomic E-state index is 9.44. The molecule has 0 amide bonds. The Hall–Kier alpha value is -0.930. The van der Waals surface area contributed by atoms with Gasteiger partial charge in [0.1, 0.15) is 0 Å². The first-order valence-corrected chi connectivity index (χ1v) is 7.15. The Balaban J connectivity index is 2.18. The van der Waals surface area contributed by atoms with Crippen molar-refractivity contribution in [1.29, 1.82) is 0 Å². The second-order valence-electron chi connectivity index (χ2n) is 5.25. The van der Waals surface area contributed by atoms with Gasteiger partial charge in [-0.05, 0) is 37.7 Å². The molecule has 0 heterocycles. The monoisotopic (exact) mass is 284 g/mol. The standard InChI is InChI=1S/C15H21ClO3/c1-10-3-5-13(6-4-10)19-15-11(9-17)7-12(16)8-14(15)18-2/h7-8,10,13,17H,3-6,9H2,1-2H3. The number of methoxy groups -OCH3 is 1. The van der Waals surface area contributed by atoms with Crippen LogP contribution in [-0.4, -0.2) is 18.3 Å². The van der Waals surface area contributed by atoms with E-state index in [9.17, 15) is 5.11 Å². The van der Waals surface area contributed by atoms with Crippen molar-refractivity contribution >= 4 is 11.6 Å². The van der Waals surface area contributed by atoms with E-state index < -0.39 is 0 Å². The molecule has 19 heavy (non-hydrogen) atoms. The molecule has 0 aromatic heterocycles. The van der Waals surface area contributed by atoms with Crippen LogP contribution in [0.1, 0.15) is 38.2 Å². The van der Waals surface area contributed by atoms with E-state index in [0.717, 1.165) is 18.8 Å². The molecule has 1 aliphatic rings. The summed E-state index contributed by atoms with van der Waals surface area (Å²) in [4.78, 5) is 0. The highest BCUT2D eigenvalue weighted by Crippen LogP contribution is 2.37. The van der Waals surface area contributed by atoms with Gasteiger partial charge >= 0.3 is 0 Å². The molecule has 3 nitrogen and oxygen atoms in total. The molecule has 0 bridgehead atoms. The SMILES string of the molecule is COc1cc(Cl)cc(CO)c1OC1CCC(C)CC1. The molecule has 1 aliphatic carbocycles. The van der Waals surface area contributed by atoms with Crippen LogP contribution in [0, 0.1) is 5.92 Å². The molecule has 1 aromatic carbocycles. The minimum absolute atomic E-state index is 0.102. The number of halogens is 1. The summed E-state index contributed by atoms with van der Waals surface area (Å²) < 4.78 is 11.4. The van der Waals surface area contributed by atoms with Crippen molar-refractivity contribution in [2.75, 3.05) is 7.11 Å². The molecule has 0 spiro atoms. The van der Waals surface area contributed by atoms with E-state index in [1.807, 2.05) is 0 Å². The number of aliphatic hydroxyl groups is 1. The van der Waals surface area contributed by atoms with Gasteiger partial charge in [-0.15, -0.1) is 0 Å². The van der Waals surface area contributed by atoms with Gasteiger partial charge in [0.15, 0.2) is 11.5 Å². The van der Waals surface area contributed by atoms with E-state index >= 15 is 0 Å². The van der Waals surface area contributed by atoms with Gasteiger partial charge in [-0.1, -0.05) is 18.5 Å². The van der Waals surface area contributed by atoms with E-state index in [0.29, 0.717) is 22.1 Å². The molecule has 0 unspecified atom stereocenters. The topological polar surface area (TPSA) is 38.7 Å². The lowest BCUT2D eigenvalue weighted by atomic mass is 9.89. The van der Waals surface area contributed by atoms with Gasteiger partial charge in [-0.25, -0.2) is 0 Å². The Labute approximate surface area is 119 Å². The van der Waals surface area contributed by atoms with Gasteiger partial charge in [-0.2, -0.15) is 0 Å². The average molecular weight is 285 g/mol. The first-order valence-electron chi connectivity index (χ1n) is 6.78. The molecule has 1 fully saturated rings. The van der Waals surface area contributed by atoms with Crippen LogP contribution in [-0.2, 0) is 6.61 Å². The fourth-order valence-corrected chi connectivity index (χ4v) is 2.77. The lowest BCUT2D eigenvalue weighted by molar-refractivity contribution is 0.127. The van der Waals surface area contributed by atoms with E-state index in [4.69, 9.17) is 21.1 Å². The van der Waals surface area contributed by atoms with Crippen LogP contribution in [0.5, 0.6) is 11.5 Å². The van der Waals surface area contributed by atoms with Crippen LogP contribution >= 0.6 is 11.6 Å². The summed E-state index contributed by atoms with van der Waals surface area (Å²) in [6.07, 6.45) is 4.69. The predicted octanol–water partition coefficient (Wildman–Crippen LogP) is 3.80. The van der Waals surface area contributed by atoms with Gasteiger partial charge in [0, 0.05) is 16.7 Å². The van der Waals surface area contributed by atoms with Crippen molar-refractivity contribution in [1.82, 2.24) is 0 Å². The second-order valence-corrected chi connectivity index (χ2v) is 5.69. The normalized spacial score (nSPS) is 23.2. The van der Waals surface area contributed by atoms with E-state index in [1.54, 1.807) is 19.2 Å². The number of benzene rings is 1. The maximum absolute atomic E-state index is 9.44. The molecule has 0 atom stereocenters. The molecule has 1 saturated carbocycles. The highest BCUT2D eigenvalue weighted by molar-refractivity contribution is 6.30. The lowest BCUT2D eigenvalue weighted by Crippen LogP contribution is -2.23. The molecular formula is C15H21ClO3. The maximum Gasteiger partial charge on any atom is 0.167 e. The van der Waals surface area contributed by atoms with E-state index in [1.165, 1.54) is 12.8 Å². The lowest BCUT2D eigenvalue weighted by Gasteiger charge is -2.28. The first-order chi connectivity index (χ1) is 9.13. The average Bonchev–Trinajstić information content (AvgIpc) is 2.42. The fourth-order valence-electron chi connectivity index (χ4n) is 2.54. The largest absolute Gasteiger partial charge is 0.493 e. The van der Waals surface area contributed by atoms with Crippen LogP contribution in [0.3, 0.4) is 0 Å². The van der Waals surface area contributed by atoms with Crippen LogP contribution in [0.4, 0.5) is 0 Å². The summed E-state index contributed by atoms with van der Waals surface area (Å²) in [5, 5.41) is 9.99. The van der Waals surface area contributed by atoms with E-state index in [2.05, 4.69) is 6.92 Å². The van der Waals surface area contributed by atoms with Crippen LogP contribution in [0.2, 0.25) is 5.02 Å². The third kappa shape index (κ3) is 3.54. The number of hydrogen-bond acceptors (Lipinski definition) is 3. The Bertz CT molecular complexity index is 400. The number of rotatable bonds is 4. The van der Waals surface area contributed by atoms with Gasteiger partial charge in [0.2, 0.25) is 0 Å². The Morgan fingerprint density at radius 2 is 1.95 bits per heavy atom. The third-order valence-corrected chi connectivity index (χ3v) is 3.95. The summed E-state index contributed by atoms with van der Waals surface area (Å²) in [6, 6.07) is 3.45. The van der Waals surface area contributed by atoms with Crippen LogP contribution in [0.25, 0.3) is 0 Å². The zero-order valence-corrected chi connectivity index (χ0v) is 12.2. The Morgan fingerprint density at radius 3 is 2.53 bits per heavy atom. The van der Waals surface area contributed by atoms with Crippen molar-refractivity contribution in [3.05, 3.63) is 22.7 Å². The van der Waals surface area contributed by atoms with Crippen LogP contribution < -0.4 is 9.47 Å².